The average molecular weight is 516 g/mol. The molecule has 0 saturated carbocycles. The van der Waals surface area contributed by atoms with Crippen LogP contribution in [0.3, 0.4) is 0 Å². The highest BCUT2D eigenvalue weighted by Gasteiger charge is 2.52. The first-order valence-corrected chi connectivity index (χ1v) is 12.5. The van der Waals surface area contributed by atoms with Crippen molar-refractivity contribution in [1.82, 2.24) is 25.3 Å². The molecule has 0 unspecified atom stereocenters. The molecule has 2 N–H and O–H groups in total. The number of furan rings is 1. The summed E-state index contributed by atoms with van der Waals surface area (Å²) < 4.78 is 11.6. The second-order valence-electron chi connectivity index (χ2n) is 10.1. The number of hydrogen-bond donors (Lipinski definition) is 2. The summed E-state index contributed by atoms with van der Waals surface area (Å²) in [6.07, 6.45) is 0. The predicted molar refractivity (Wildman–Crippen MR) is 140 cm³/mol. The van der Waals surface area contributed by atoms with Gasteiger partial charge >= 0.3 is 6.03 Å². The van der Waals surface area contributed by atoms with Crippen LogP contribution in [0.15, 0.2) is 53.5 Å². The lowest BCUT2D eigenvalue weighted by Crippen LogP contribution is -2.51. The Morgan fingerprint density at radius 2 is 1.89 bits per heavy atom. The van der Waals surface area contributed by atoms with Gasteiger partial charge in [0.25, 0.3) is 11.8 Å². The maximum absolute atomic E-state index is 13.3. The number of carbonyl (C=O) groups is 3. The quantitative estimate of drug-likeness (QED) is 0.503. The van der Waals surface area contributed by atoms with Crippen molar-refractivity contribution < 1.29 is 23.5 Å². The molecule has 0 aliphatic carbocycles. The van der Waals surface area contributed by atoms with Gasteiger partial charge in [-0.15, -0.1) is 0 Å². The van der Waals surface area contributed by atoms with Gasteiger partial charge in [0.2, 0.25) is 0 Å². The summed E-state index contributed by atoms with van der Waals surface area (Å²) in [4.78, 5) is 44.7. The smallest absolute Gasteiger partial charge is 0.322 e. The van der Waals surface area contributed by atoms with Gasteiger partial charge in [0.05, 0.1) is 13.7 Å². The maximum atomic E-state index is 13.3. The molecule has 4 amide bonds. The number of likely N-dealkylation sites (N-methyl/N-ethyl adjacent to an activating group) is 1. The highest BCUT2D eigenvalue weighted by atomic mass is 16.5. The number of benzene rings is 2. The topological polar surface area (TPSA) is 107 Å². The van der Waals surface area contributed by atoms with Gasteiger partial charge in [-0.3, -0.25) is 14.9 Å². The van der Waals surface area contributed by atoms with Gasteiger partial charge in [-0.1, -0.05) is 18.7 Å². The lowest BCUT2D eigenvalue weighted by molar-refractivity contribution is -0.125. The number of urea groups is 1. The molecule has 2 fully saturated rings. The van der Waals surface area contributed by atoms with Crippen molar-refractivity contribution in [2.24, 2.45) is 0 Å². The highest BCUT2D eigenvalue weighted by Crippen LogP contribution is 2.39. The van der Waals surface area contributed by atoms with E-state index in [9.17, 15) is 14.4 Å². The monoisotopic (exact) mass is 515 g/mol. The molecule has 0 radical (unpaired) electrons. The largest absolute Gasteiger partial charge is 0.497 e. The minimum atomic E-state index is -1.47. The second-order valence-corrected chi connectivity index (χ2v) is 10.1. The summed E-state index contributed by atoms with van der Waals surface area (Å²) >= 11 is 0. The van der Waals surface area contributed by atoms with E-state index in [1.54, 1.807) is 25.3 Å². The normalized spacial score (nSPS) is 21.6. The van der Waals surface area contributed by atoms with Crippen molar-refractivity contribution in [1.29, 1.82) is 0 Å². The van der Waals surface area contributed by atoms with Crippen LogP contribution in [-0.4, -0.2) is 79.4 Å². The van der Waals surface area contributed by atoms with Crippen LogP contribution < -0.4 is 15.4 Å². The van der Waals surface area contributed by atoms with Crippen LogP contribution in [0, 0.1) is 0 Å². The average Bonchev–Trinajstić information content (AvgIpc) is 3.57. The molecule has 2 aromatic carbocycles. The molecule has 38 heavy (non-hydrogen) atoms. The number of nitrogens with one attached hydrogen (secondary N) is 2. The van der Waals surface area contributed by atoms with Gasteiger partial charge in [0.1, 0.15) is 17.1 Å². The Bertz CT molecular complexity index is 1490. The van der Waals surface area contributed by atoms with Crippen LogP contribution in [0.1, 0.15) is 27.2 Å². The molecular weight excluding hydrogens is 486 g/mol. The minimum absolute atomic E-state index is 0.0545. The zero-order chi connectivity index (χ0) is 26.6. The van der Waals surface area contributed by atoms with E-state index in [0.29, 0.717) is 42.3 Å². The number of piperazine rings is 1. The third-order valence-electron chi connectivity index (χ3n) is 7.72. The molecule has 3 aliphatic heterocycles. The molecule has 0 spiro atoms. The Morgan fingerprint density at radius 3 is 2.61 bits per heavy atom. The fourth-order valence-electron chi connectivity index (χ4n) is 5.42. The van der Waals surface area contributed by atoms with Crippen molar-refractivity contribution in [3.8, 4) is 5.75 Å². The molecule has 4 heterocycles. The Labute approximate surface area is 219 Å². The first kappa shape index (κ1) is 24.1. The van der Waals surface area contributed by atoms with Crippen LogP contribution in [0.5, 0.6) is 5.75 Å². The van der Waals surface area contributed by atoms with Gasteiger partial charge in [0, 0.05) is 54.9 Å². The van der Waals surface area contributed by atoms with Crippen molar-refractivity contribution in [2.45, 2.75) is 12.1 Å². The Hall–Kier alpha value is -4.31. The maximum Gasteiger partial charge on any atom is 0.322 e. The fraction of sp³-hybridized carbons (Fsp3) is 0.321. The summed E-state index contributed by atoms with van der Waals surface area (Å²) in [6, 6.07) is 12.2. The van der Waals surface area contributed by atoms with Crippen molar-refractivity contribution in [2.75, 3.05) is 46.9 Å². The van der Waals surface area contributed by atoms with E-state index in [-0.39, 0.29) is 12.5 Å². The van der Waals surface area contributed by atoms with E-state index in [0.717, 1.165) is 35.3 Å². The first-order chi connectivity index (χ1) is 18.3. The van der Waals surface area contributed by atoms with Crippen molar-refractivity contribution in [3.63, 3.8) is 0 Å². The lowest BCUT2D eigenvalue weighted by atomic mass is 9.95. The van der Waals surface area contributed by atoms with E-state index in [1.165, 1.54) is 0 Å². The fourth-order valence-corrected chi connectivity index (χ4v) is 5.42. The molecular formula is C28H29N5O5. The van der Waals surface area contributed by atoms with E-state index < -0.39 is 17.5 Å². The van der Waals surface area contributed by atoms with Gasteiger partial charge < -0.3 is 29.2 Å². The summed E-state index contributed by atoms with van der Waals surface area (Å²) in [5.41, 5.74) is 2.24. The third kappa shape index (κ3) is 3.88. The number of methoxy groups -OCH3 is 1. The summed E-state index contributed by atoms with van der Waals surface area (Å²) in [6.45, 7) is 7.86. The number of hydrogen-bond acceptors (Lipinski definition) is 7. The Kier molecular flexibility index (Phi) is 5.64. The standard InChI is InChI=1S/C28H29N5O5/c1-17-22-14-21(37-3)7-6-20(22)15-33(17)16-28(26(35)29-27(36)30-28)24-13-18-4-5-19(12-23(18)38-24)25(34)32-10-8-31(2)9-11-32/h4-7,12-14H,1,8-11,15-16H2,2-3H3,(H2,29,30,35,36)/t28-/m0/s1. The first-order valence-electron chi connectivity index (χ1n) is 12.5. The molecule has 2 saturated heterocycles. The molecule has 3 aromatic rings. The number of nitrogens with zero attached hydrogens (tertiary/aromatic N) is 3. The van der Waals surface area contributed by atoms with E-state index in [1.807, 2.05) is 41.1 Å². The van der Waals surface area contributed by atoms with Crippen LogP contribution in [0.2, 0.25) is 0 Å². The van der Waals surface area contributed by atoms with E-state index >= 15 is 0 Å². The number of amides is 4. The van der Waals surface area contributed by atoms with E-state index in [4.69, 9.17) is 9.15 Å². The lowest BCUT2D eigenvalue weighted by Gasteiger charge is -2.32. The Morgan fingerprint density at radius 1 is 1.11 bits per heavy atom. The summed E-state index contributed by atoms with van der Waals surface area (Å²) in [5, 5.41) is 5.90. The molecule has 196 valence electrons. The molecule has 3 aliphatic rings. The molecule has 1 atom stereocenters. The number of rotatable bonds is 5. The van der Waals surface area contributed by atoms with Gasteiger partial charge in [-0.05, 0) is 42.9 Å². The van der Waals surface area contributed by atoms with Crippen molar-refractivity contribution in [3.05, 3.63) is 71.5 Å². The molecule has 10 heteroatoms. The number of carbonyl (C=O) groups excluding carboxylic acids is 3. The Balaban J connectivity index is 1.32. The number of imide groups is 1. The zero-order valence-electron chi connectivity index (χ0n) is 21.4. The highest BCUT2D eigenvalue weighted by molar-refractivity contribution is 6.08. The minimum Gasteiger partial charge on any atom is -0.497 e. The van der Waals surface area contributed by atoms with E-state index in [2.05, 4.69) is 22.1 Å². The second kappa shape index (κ2) is 8.91. The van der Waals surface area contributed by atoms with Crippen LogP contribution in [-0.2, 0) is 16.9 Å². The summed E-state index contributed by atoms with van der Waals surface area (Å²) in [7, 11) is 3.65. The number of ether oxygens (including phenoxy) is 1. The third-order valence-corrected chi connectivity index (χ3v) is 7.72. The SMILES string of the molecule is C=C1c2cc(OC)ccc2CN1C[C@@]1(c2cc3ccc(C(=O)N4CCN(C)CC4)cc3o2)NC(=O)NC1=O. The molecule has 6 rings (SSSR count). The number of fused-ring (bicyclic) bond motifs is 2. The molecule has 1 aromatic heterocycles. The summed E-state index contributed by atoms with van der Waals surface area (Å²) in [5.74, 6) is 0.451. The van der Waals surface area contributed by atoms with Gasteiger partial charge in [-0.2, -0.15) is 0 Å². The predicted octanol–water partition coefficient (Wildman–Crippen LogP) is 2.35. The molecule has 0 bridgehead atoms. The van der Waals surface area contributed by atoms with Crippen LogP contribution in [0.25, 0.3) is 16.7 Å². The van der Waals surface area contributed by atoms with Crippen LogP contribution >= 0.6 is 0 Å². The van der Waals surface area contributed by atoms with Crippen LogP contribution in [0.4, 0.5) is 4.79 Å². The molecule has 10 nitrogen and oxygen atoms in total. The zero-order valence-corrected chi connectivity index (χ0v) is 21.4. The van der Waals surface area contributed by atoms with Gasteiger partial charge in [-0.25, -0.2) is 4.79 Å². The van der Waals surface area contributed by atoms with Crippen molar-refractivity contribution >= 4 is 34.5 Å². The van der Waals surface area contributed by atoms with Gasteiger partial charge in [0.15, 0.2) is 5.54 Å².